The average Bonchev–Trinajstić information content (AvgIpc) is 3.02. The van der Waals surface area contributed by atoms with Crippen LogP contribution in [0.1, 0.15) is 19.4 Å². The van der Waals surface area contributed by atoms with Crippen LogP contribution in [-0.2, 0) is 9.59 Å². The molecule has 120 valence electrons. The number of allylic oxidation sites excluding steroid dienone is 4. The zero-order valence-electron chi connectivity index (χ0n) is 13.5. The lowest BCUT2D eigenvalue weighted by atomic mass is 9.82. The second kappa shape index (κ2) is 5.69. The standard InChI is InChI=1S/C19H21NO3/c1-10(2)15-13-7-8-14(15)17(19(22)23)16(13)18(21)20-12-6-4-5-11(3)9-12/h4-9,13-14,16-17H,1-3H3,(H,20,21)(H,22,23)/t13-,14-,16-,17+/m1/s1. The van der Waals surface area contributed by atoms with Crippen LogP contribution in [0.3, 0.4) is 0 Å². The molecule has 4 nitrogen and oxygen atoms in total. The van der Waals surface area contributed by atoms with E-state index in [1.165, 1.54) is 0 Å². The summed E-state index contributed by atoms with van der Waals surface area (Å²) >= 11 is 0. The van der Waals surface area contributed by atoms with Crippen molar-refractivity contribution in [1.29, 1.82) is 0 Å². The summed E-state index contributed by atoms with van der Waals surface area (Å²) in [4.78, 5) is 24.5. The zero-order valence-corrected chi connectivity index (χ0v) is 13.5. The van der Waals surface area contributed by atoms with E-state index in [4.69, 9.17) is 0 Å². The Labute approximate surface area is 135 Å². The molecule has 1 saturated carbocycles. The topological polar surface area (TPSA) is 66.4 Å². The largest absolute Gasteiger partial charge is 0.481 e. The number of carboxylic acids is 1. The van der Waals surface area contributed by atoms with Gasteiger partial charge in [0, 0.05) is 17.5 Å². The van der Waals surface area contributed by atoms with Gasteiger partial charge in [-0.15, -0.1) is 0 Å². The van der Waals surface area contributed by atoms with Gasteiger partial charge in [0.2, 0.25) is 5.91 Å². The van der Waals surface area contributed by atoms with E-state index >= 15 is 0 Å². The minimum Gasteiger partial charge on any atom is -0.481 e. The van der Waals surface area contributed by atoms with E-state index in [2.05, 4.69) is 5.32 Å². The molecule has 1 aromatic carbocycles. The predicted octanol–water partition coefficient (Wildman–Crippen LogP) is 3.40. The number of amides is 1. The fourth-order valence-electron chi connectivity index (χ4n) is 3.99. The molecule has 2 aliphatic rings. The van der Waals surface area contributed by atoms with Crippen molar-refractivity contribution in [2.75, 3.05) is 5.32 Å². The van der Waals surface area contributed by atoms with Crippen LogP contribution in [0.4, 0.5) is 5.69 Å². The van der Waals surface area contributed by atoms with E-state index in [0.29, 0.717) is 5.69 Å². The van der Waals surface area contributed by atoms with Crippen molar-refractivity contribution in [2.45, 2.75) is 20.8 Å². The van der Waals surface area contributed by atoms with Crippen LogP contribution in [0.15, 0.2) is 47.6 Å². The quantitative estimate of drug-likeness (QED) is 0.841. The second-order valence-electron chi connectivity index (χ2n) is 6.64. The Morgan fingerprint density at radius 2 is 1.74 bits per heavy atom. The summed E-state index contributed by atoms with van der Waals surface area (Å²) in [5.41, 5.74) is 3.98. The lowest BCUT2D eigenvalue weighted by molar-refractivity contribution is -0.146. The van der Waals surface area contributed by atoms with Crippen LogP contribution in [0, 0.1) is 30.6 Å². The first kappa shape index (κ1) is 15.5. The zero-order chi connectivity index (χ0) is 16.7. The smallest absolute Gasteiger partial charge is 0.308 e. The molecular formula is C19H21NO3. The van der Waals surface area contributed by atoms with Crippen molar-refractivity contribution in [3.63, 3.8) is 0 Å². The number of carboxylic acid groups (broad SMARTS) is 1. The number of carbonyl (C=O) groups excluding carboxylic acids is 1. The normalized spacial score (nSPS) is 28.0. The molecule has 4 heteroatoms. The van der Waals surface area contributed by atoms with Gasteiger partial charge in [0.1, 0.15) is 0 Å². The maximum Gasteiger partial charge on any atom is 0.308 e. The van der Waals surface area contributed by atoms with Crippen molar-refractivity contribution in [1.82, 2.24) is 0 Å². The first-order valence-corrected chi connectivity index (χ1v) is 7.86. The first-order chi connectivity index (χ1) is 10.9. The molecule has 2 aliphatic carbocycles. The van der Waals surface area contributed by atoms with Crippen molar-refractivity contribution in [3.05, 3.63) is 53.1 Å². The van der Waals surface area contributed by atoms with Gasteiger partial charge in [-0.25, -0.2) is 0 Å². The van der Waals surface area contributed by atoms with Crippen molar-refractivity contribution in [3.8, 4) is 0 Å². The molecule has 0 aliphatic heterocycles. The lowest BCUT2D eigenvalue weighted by Crippen LogP contribution is -2.36. The Bertz CT molecular complexity index is 728. The number of hydrogen-bond acceptors (Lipinski definition) is 2. The number of hydrogen-bond donors (Lipinski definition) is 2. The van der Waals surface area contributed by atoms with Gasteiger partial charge in [0.15, 0.2) is 0 Å². The van der Waals surface area contributed by atoms with Crippen LogP contribution in [0.2, 0.25) is 0 Å². The molecule has 2 bridgehead atoms. The number of nitrogens with one attached hydrogen (secondary N) is 1. The van der Waals surface area contributed by atoms with E-state index in [9.17, 15) is 14.7 Å². The van der Waals surface area contributed by atoms with Crippen LogP contribution in [-0.4, -0.2) is 17.0 Å². The molecular weight excluding hydrogens is 290 g/mol. The number of aliphatic carboxylic acids is 1. The van der Waals surface area contributed by atoms with Crippen molar-refractivity contribution >= 4 is 17.6 Å². The third-order valence-corrected chi connectivity index (χ3v) is 4.86. The number of anilines is 1. The van der Waals surface area contributed by atoms with E-state index in [0.717, 1.165) is 16.7 Å². The van der Waals surface area contributed by atoms with Crippen LogP contribution in [0.25, 0.3) is 0 Å². The van der Waals surface area contributed by atoms with Gasteiger partial charge >= 0.3 is 5.97 Å². The van der Waals surface area contributed by atoms with Gasteiger partial charge in [-0.05, 0) is 38.5 Å². The first-order valence-electron chi connectivity index (χ1n) is 7.86. The third-order valence-electron chi connectivity index (χ3n) is 4.86. The van der Waals surface area contributed by atoms with Crippen LogP contribution < -0.4 is 5.32 Å². The average molecular weight is 311 g/mol. The molecule has 0 saturated heterocycles. The predicted molar refractivity (Wildman–Crippen MR) is 88.9 cm³/mol. The molecule has 4 atom stereocenters. The Hall–Kier alpha value is -2.36. The molecule has 0 unspecified atom stereocenters. The summed E-state index contributed by atoms with van der Waals surface area (Å²) in [5.74, 6) is -2.59. The SMILES string of the molecule is CC(C)=C1[C@H]2C=C[C@H]1[C@@H](C(=O)Nc1cccc(C)c1)[C@H]2C(=O)O. The highest BCUT2D eigenvalue weighted by Gasteiger charge is 2.54. The molecule has 0 heterocycles. The number of fused-ring (bicyclic) bond motifs is 2. The number of carbonyl (C=O) groups is 2. The van der Waals surface area contributed by atoms with Gasteiger partial charge in [0.25, 0.3) is 0 Å². The summed E-state index contributed by atoms with van der Waals surface area (Å²) in [6.45, 7) is 5.93. The highest BCUT2D eigenvalue weighted by atomic mass is 16.4. The minimum absolute atomic E-state index is 0.101. The maximum absolute atomic E-state index is 12.8. The fraction of sp³-hybridized carbons (Fsp3) is 0.368. The van der Waals surface area contributed by atoms with Gasteiger partial charge < -0.3 is 10.4 Å². The minimum atomic E-state index is -0.898. The summed E-state index contributed by atoms with van der Waals surface area (Å²) in [6.07, 6.45) is 3.94. The van der Waals surface area contributed by atoms with Gasteiger partial charge in [-0.3, -0.25) is 9.59 Å². The molecule has 0 radical (unpaired) electrons. The van der Waals surface area contributed by atoms with Crippen molar-refractivity contribution in [2.24, 2.45) is 23.7 Å². The Morgan fingerprint density at radius 1 is 1.09 bits per heavy atom. The molecule has 0 aromatic heterocycles. The molecule has 1 aromatic rings. The number of benzene rings is 1. The molecule has 3 rings (SSSR count). The molecule has 1 fully saturated rings. The number of aryl methyl sites for hydroxylation is 1. The van der Waals surface area contributed by atoms with Crippen LogP contribution >= 0.6 is 0 Å². The monoisotopic (exact) mass is 311 g/mol. The summed E-state index contributed by atoms with van der Waals surface area (Å²) < 4.78 is 0. The Kier molecular flexibility index (Phi) is 3.84. The molecule has 23 heavy (non-hydrogen) atoms. The van der Waals surface area contributed by atoms with E-state index < -0.39 is 17.8 Å². The molecule has 1 amide bonds. The summed E-state index contributed by atoms with van der Waals surface area (Å²) in [6, 6.07) is 7.54. The van der Waals surface area contributed by atoms with Crippen LogP contribution in [0.5, 0.6) is 0 Å². The maximum atomic E-state index is 12.8. The molecule has 0 spiro atoms. The van der Waals surface area contributed by atoms with Gasteiger partial charge in [-0.2, -0.15) is 0 Å². The highest BCUT2D eigenvalue weighted by Crippen LogP contribution is 2.53. The summed E-state index contributed by atoms with van der Waals surface area (Å²) in [7, 11) is 0. The summed E-state index contributed by atoms with van der Waals surface area (Å²) in [5, 5.41) is 12.5. The number of rotatable bonds is 3. The fourth-order valence-corrected chi connectivity index (χ4v) is 3.99. The van der Waals surface area contributed by atoms with E-state index in [1.807, 2.05) is 57.2 Å². The van der Waals surface area contributed by atoms with E-state index in [1.54, 1.807) is 0 Å². The third kappa shape index (κ3) is 2.58. The molecule has 2 N–H and O–H groups in total. The lowest BCUT2D eigenvalue weighted by Gasteiger charge is -2.23. The van der Waals surface area contributed by atoms with E-state index in [-0.39, 0.29) is 17.7 Å². The second-order valence-corrected chi connectivity index (χ2v) is 6.64. The van der Waals surface area contributed by atoms with Gasteiger partial charge in [-0.1, -0.05) is 35.4 Å². The Balaban J connectivity index is 1.91. The van der Waals surface area contributed by atoms with Crippen molar-refractivity contribution < 1.29 is 14.7 Å². The Morgan fingerprint density at radius 3 is 2.30 bits per heavy atom. The highest BCUT2D eigenvalue weighted by molar-refractivity contribution is 5.97. The van der Waals surface area contributed by atoms with Gasteiger partial charge in [0.05, 0.1) is 11.8 Å².